The summed E-state index contributed by atoms with van der Waals surface area (Å²) in [6.45, 7) is 5.24. The third-order valence-electron chi connectivity index (χ3n) is 2.75. The molecule has 0 aliphatic rings. The summed E-state index contributed by atoms with van der Waals surface area (Å²) in [6.07, 6.45) is -7.24. The van der Waals surface area contributed by atoms with Crippen molar-refractivity contribution >= 4 is 0 Å². The molecule has 0 fully saturated rings. The van der Waals surface area contributed by atoms with Gasteiger partial charge in [0.15, 0.2) is 6.10 Å². The van der Waals surface area contributed by atoms with Gasteiger partial charge < -0.3 is 10.8 Å². The van der Waals surface area contributed by atoms with Crippen molar-refractivity contribution in [1.82, 2.24) is 0 Å². The predicted molar refractivity (Wildman–Crippen MR) is 59.6 cm³/mol. The number of hydrogen-bond acceptors (Lipinski definition) is 2. The van der Waals surface area contributed by atoms with E-state index in [1.807, 2.05) is 6.92 Å². The summed E-state index contributed by atoms with van der Waals surface area (Å²) < 4.78 is 37.2. The molecular formula is C12H16F3NO. The number of aliphatic hydroxyl groups is 1. The summed E-state index contributed by atoms with van der Waals surface area (Å²) in [6, 6.07) is 2.06. The molecule has 17 heavy (non-hydrogen) atoms. The standard InChI is InChI=1S/C12H16F3NO/c1-6-4-7(2)9(8(3)5-6)10(16)11(17)12(13,14)15/h4-5,10-11,17H,16H2,1-3H3/t10-,11-/m0/s1. The van der Waals surface area contributed by atoms with Gasteiger partial charge in [-0.1, -0.05) is 17.7 Å². The van der Waals surface area contributed by atoms with Crippen LogP contribution in [0.4, 0.5) is 13.2 Å². The summed E-state index contributed by atoms with van der Waals surface area (Å²) in [5, 5.41) is 9.18. The Labute approximate surface area is 98.3 Å². The summed E-state index contributed by atoms with van der Waals surface area (Å²) in [4.78, 5) is 0. The summed E-state index contributed by atoms with van der Waals surface area (Å²) >= 11 is 0. The van der Waals surface area contributed by atoms with E-state index in [0.717, 1.165) is 5.56 Å². The Morgan fingerprint density at radius 3 is 1.88 bits per heavy atom. The fourth-order valence-electron chi connectivity index (χ4n) is 2.08. The second-order valence-electron chi connectivity index (χ2n) is 4.32. The predicted octanol–water partition coefficient (Wildman–Crippen LogP) is 2.53. The van der Waals surface area contributed by atoms with Crippen LogP contribution in [0.1, 0.15) is 28.3 Å². The van der Waals surface area contributed by atoms with Gasteiger partial charge in [0.1, 0.15) is 0 Å². The second-order valence-corrected chi connectivity index (χ2v) is 4.32. The van der Waals surface area contributed by atoms with E-state index in [1.165, 1.54) is 0 Å². The molecule has 0 spiro atoms. The first kappa shape index (κ1) is 14.0. The van der Waals surface area contributed by atoms with E-state index in [4.69, 9.17) is 5.73 Å². The monoisotopic (exact) mass is 247 g/mol. The van der Waals surface area contributed by atoms with Gasteiger partial charge in [-0.3, -0.25) is 0 Å². The van der Waals surface area contributed by atoms with Gasteiger partial charge in [0.25, 0.3) is 0 Å². The summed E-state index contributed by atoms with van der Waals surface area (Å²) in [7, 11) is 0. The van der Waals surface area contributed by atoms with Crippen LogP contribution in [0.25, 0.3) is 0 Å². The van der Waals surface area contributed by atoms with Gasteiger partial charge in [-0.25, -0.2) is 0 Å². The summed E-state index contributed by atoms with van der Waals surface area (Å²) in [5.74, 6) is 0. The molecule has 2 atom stereocenters. The van der Waals surface area contributed by atoms with Crippen LogP contribution >= 0.6 is 0 Å². The van der Waals surface area contributed by atoms with Gasteiger partial charge in [-0.05, 0) is 37.5 Å². The lowest BCUT2D eigenvalue weighted by molar-refractivity contribution is -0.210. The smallest absolute Gasteiger partial charge is 0.382 e. The van der Waals surface area contributed by atoms with E-state index in [2.05, 4.69) is 0 Å². The van der Waals surface area contributed by atoms with Crippen LogP contribution in [0.3, 0.4) is 0 Å². The van der Waals surface area contributed by atoms with Crippen molar-refractivity contribution in [2.75, 3.05) is 0 Å². The molecule has 1 aromatic rings. The van der Waals surface area contributed by atoms with E-state index in [0.29, 0.717) is 16.7 Å². The molecule has 0 aromatic heterocycles. The zero-order valence-electron chi connectivity index (χ0n) is 9.97. The fraction of sp³-hybridized carbons (Fsp3) is 0.500. The van der Waals surface area contributed by atoms with Crippen LogP contribution in [-0.4, -0.2) is 17.4 Å². The molecule has 0 amide bonds. The van der Waals surface area contributed by atoms with Gasteiger partial charge in [0.2, 0.25) is 0 Å². The molecule has 0 aliphatic carbocycles. The maximum atomic E-state index is 12.4. The molecule has 1 rings (SSSR count). The quantitative estimate of drug-likeness (QED) is 0.843. The van der Waals surface area contributed by atoms with Crippen LogP contribution in [0, 0.1) is 20.8 Å². The van der Waals surface area contributed by atoms with Gasteiger partial charge in [0, 0.05) is 0 Å². The molecular weight excluding hydrogens is 231 g/mol. The topological polar surface area (TPSA) is 46.2 Å². The maximum Gasteiger partial charge on any atom is 0.416 e. The number of alkyl halides is 3. The van der Waals surface area contributed by atoms with E-state index < -0.39 is 18.3 Å². The Bertz CT molecular complexity index is 392. The van der Waals surface area contributed by atoms with Crippen LogP contribution in [-0.2, 0) is 0 Å². The Balaban J connectivity index is 3.17. The van der Waals surface area contributed by atoms with E-state index >= 15 is 0 Å². The Kier molecular flexibility index (Phi) is 3.84. The van der Waals surface area contributed by atoms with Crippen LogP contribution < -0.4 is 5.73 Å². The van der Waals surface area contributed by atoms with Gasteiger partial charge in [-0.2, -0.15) is 13.2 Å². The Hall–Kier alpha value is -1.07. The van der Waals surface area contributed by atoms with Gasteiger partial charge in [0.05, 0.1) is 6.04 Å². The molecule has 0 saturated heterocycles. The zero-order chi connectivity index (χ0) is 13.4. The number of hydrogen-bond donors (Lipinski definition) is 2. The third kappa shape index (κ3) is 2.98. The Morgan fingerprint density at radius 1 is 1.12 bits per heavy atom. The van der Waals surface area contributed by atoms with Crippen LogP contribution in [0.5, 0.6) is 0 Å². The molecule has 3 N–H and O–H groups in total. The SMILES string of the molecule is Cc1cc(C)c([C@H](N)[C@H](O)C(F)(F)F)c(C)c1. The lowest BCUT2D eigenvalue weighted by Gasteiger charge is -2.24. The van der Waals surface area contributed by atoms with E-state index in [1.54, 1.807) is 26.0 Å². The molecule has 2 nitrogen and oxygen atoms in total. The van der Waals surface area contributed by atoms with Crippen molar-refractivity contribution in [2.45, 2.75) is 39.1 Å². The molecule has 0 unspecified atom stereocenters. The first-order valence-corrected chi connectivity index (χ1v) is 5.22. The lowest BCUT2D eigenvalue weighted by atomic mass is 9.91. The highest BCUT2D eigenvalue weighted by atomic mass is 19.4. The van der Waals surface area contributed by atoms with E-state index in [9.17, 15) is 18.3 Å². The molecule has 0 radical (unpaired) electrons. The normalized spacial score (nSPS) is 15.8. The average Bonchev–Trinajstić information content (AvgIpc) is 2.13. The highest BCUT2D eigenvalue weighted by Gasteiger charge is 2.43. The number of rotatable bonds is 2. The molecule has 5 heteroatoms. The van der Waals surface area contributed by atoms with Crippen molar-refractivity contribution < 1.29 is 18.3 Å². The molecule has 0 saturated carbocycles. The highest BCUT2D eigenvalue weighted by Crippen LogP contribution is 2.32. The zero-order valence-corrected chi connectivity index (χ0v) is 9.97. The highest BCUT2D eigenvalue weighted by molar-refractivity contribution is 5.40. The van der Waals surface area contributed by atoms with Crippen molar-refractivity contribution in [3.63, 3.8) is 0 Å². The maximum absolute atomic E-state index is 12.4. The van der Waals surface area contributed by atoms with Crippen molar-refractivity contribution in [1.29, 1.82) is 0 Å². The Morgan fingerprint density at radius 2 is 1.53 bits per heavy atom. The number of halogens is 3. The minimum atomic E-state index is -4.71. The number of nitrogens with two attached hydrogens (primary N) is 1. The molecule has 1 aromatic carbocycles. The minimum absolute atomic E-state index is 0.362. The molecule has 0 bridgehead atoms. The fourth-order valence-corrected chi connectivity index (χ4v) is 2.08. The van der Waals surface area contributed by atoms with Crippen LogP contribution in [0.2, 0.25) is 0 Å². The first-order valence-electron chi connectivity index (χ1n) is 5.22. The van der Waals surface area contributed by atoms with E-state index in [-0.39, 0.29) is 0 Å². The average molecular weight is 247 g/mol. The van der Waals surface area contributed by atoms with Crippen molar-refractivity contribution in [3.8, 4) is 0 Å². The molecule has 0 heterocycles. The largest absolute Gasteiger partial charge is 0.416 e. The number of aliphatic hydroxyl groups excluding tert-OH is 1. The van der Waals surface area contributed by atoms with Gasteiger partial charge >= 0.3 is 6.18 Å². The van der Waals surface area contributed by atoms with Crippen molar-refractivity contribution in [3.05, 3.63) is 34.4 Å². The third-order valence-corrected chi connectivity index (χ3v) is 2.75. The lowest BCUT2D eigenvalue weighted by Crippen LogP contribution is -2.39. The number of aryl methyl sites for hydroxylation is 3. The number of benzene rings is 1. The van der Waals surface area contributed by atoms with Crippen molar-refractivity contribution in [2.24, 2.45) is 5.73 Å². The van der Waals surface area contributed by atoms with Crippen LogP contribution in [0.15, 0.2) is 12.1 Å². The second kappa shape index (κ2) is 4.66. The molecule has 96 valence electrons. The minimum Gasteiger partial charge on any atom is -0.382 e. The summed E-state index contributed by atoms with van der Waals surface area (Å²) in [5.41, 5.74) is 8.15. The first-order chi connectivity index (χ1) is 7.64. The molecule has 0 aliphatic heterocycles. The van der Waals surface area contributed by atoms with Gasteiger partial charge in [-0.15, -0.1) is 0 Å².